The average Bonchev–Trinajstić information content (AvgIpc) is 2.72. The van der Waals surface area contributed by atoms with E-state index in [0.29, 0.717) is 0 Å². The Bertz CT molecular complexity index is 238. The van der Waals surface area contributed by atoms with Crippen molar-refractivity contribution in [3.63, 3.8) is 0 Å². The van der Waals surface area contributed by atoms with Gasteiger partial charge in [-0.3, -0.25) is 0 Å². The summed E-state index contributed by atoms with van der Waals surface area (Å²) in [7, 11) is 0. The summed E-state index contributed by atoms with van der Waals surface area (Å²) in [5.41, 5.74) is 2.38. The lowest BCUT2D eigenvalue weighted by atomic mass is 10.1. The molecule has 6 nitrogen and oxygen atoms in total. The van der Waals surface area contributed by atoms with Crippen molar-refractivity contribution in [2.45, 2.75) is 19.3 Å². The topological polar surface area (TPSA) is 54.0 Å². The predicted octanol–water partition coefficient (Wildman–Crippen LogP) is 0.747. The Morgan fingerprint density at radius 3 is 2.79 bits per heavy atom. The van der Waals surface area contributed by atoms with Crippen LogP contribution < -0.4 is 5.59 Å². The van der Waals surface area contributed by atoms with Crippen molar-refractivity contribution in [3.8, 4) is 0 Å². The van der Waals surface area contributed by atoms with Gasteiger partial charge in [0.25, 0.3) is 0 Å². The molecule has 0 atom stereocenters. The molecule has 0 bridgehead atoms. The summed E-state index contributed by atoms with van der Waals surface area (Å²) in [6.07, 6.45) is 5.83. The summed E-state index contributed by atoms with van der Waals surface area (Å²) in [5.74, 6) is 0. The van der Waals surface area contributed by atoms with Crippen LogP contribution in [0.15, 0.2) is 12.5 Å². The molecule has 1 saturated heterocycles. The van der Waals surface area contributed by atoms with Gasteiger partial charge >= 0.3 is 6.09 Å². The molecule has 0 radical (unpaired) electrons. The van der Waals surface area contributed by atoms with Crippen molar-refractivity contribution in [3.05, 3.63) is 12.5 Å². The molecule has 0 aromatic rings. The van der Waals surface area contributed by atoms with E-state index >= 15 is 0 Å². The minimum Gasteiger partial charge on any atom is -0.392 e. The van der Waals surface area contributed by atoms with Gasteiger partial charge in [-0.15, -0.1) is 5.17 Å². The molecule has 2 heterocycles. The summed E-state index contributed by atoms with van der Waals surface area (Å²) in [4.78, 5) is 22.8. The zero-order chi connectivity index (χ0) is 9.80. The van der Waals surface area contributed by atoms with E-state index in [-0.39, 0.29) is 6.09 Å². The molecule has 0 unspecified atom stereocenters. The van der Waals surface area contributed by atoms with Crippen LogP contribution in [-0.2, 0) is 9.68 Å². The molecule has 2 rings (SSSR count). The summed E-state index contributed by atoms with van der Waals surface area (Å²) in [6.45, 7) is 1.55. The fraction of sp³-hybridized carbons (Fsp3) is 0.625. The van der Waals surface area contributed by atoms with Gasteiger partial charge in [0, 0.05) is 13.1 Å². The maximum atomic E-state index is 11.5. The Kier molecular flexibility index (Phi) is 2.73. The van der Waals surface area contributed by atoms with Gasteiger partial charge in [0.1, 0.15) is 6.26 Å². The van der Waals surface area contributed by atoms with Crippen LogP contribution in [0.2, 0.25) is 0 Å². The number of likely N-dealkylation sites (tertiary alicyclic amines) is 1. The standard InChI is InChI=1S/C8H13N3O3/c12-8(10-4-2-1-3-5-10)14-11-6-7-13-9-11/h6-7,9H,1-5H2. The number of amides is 1. The highest BCUT2D eigenvalue weighted by atomic mass is 16.8. The number of nitrogens with zero attached hydrogens (tertiary/aromatic N) is 2. The largest absolute Gasteiger partial charge is 0.435 e. The molecule has 6 heteroatoms. The first-order chi connectivity index (χ1) is 6.86. The van der Waals surface area contributed by atoms with Crippen molar-refractivity contribution in [1.29, 1.82) is 0 Å². The van der Waals surface area contributed by atoms with E-state index in [0.717, 1.165) is 31.1 Å². The first kappa shape index (κ1) is 9.14. The van der Waals surface area contributed by atoms with Gasteiger partial charge in [0.05, 0.1) is 6.20 Å². The van der Waals surface area contributed by atoms with E-state index in [9.17, 15) is 4.79 Å². The number of rotatable bonds is 1. The lowest BCUT2D eigenvalue weighted by Crippen LogP contribution is -2.41. The molecule has 2 aliphatic heterocycles. The first-order valence-electron chi connectivity index (χ1n) is 4.70. The second-order valence-corrected chi connectivity index (χ2v) is 3.22. The number of hydrogen-bond acceptors (Lipinski definition) is 5. The number of carbonyl (C=O) groups is 1. The van der Waals surface area contributed by atoms with Gasteiger partial charge in [-0.1, -0.05) is 0 Å². The minimum atomic E-state index is -0.340. The van der Waals surface area contributed by atoms with Crippen molar-refractivity contribution >= 4 is 6.09 Å². The number of piperidine rings is 1. The van der Waals surface area contributed by atoms with E-state index < -0.39 is 0 Å². The second-order valence-electron chi connectivity index (χ2n) is 3.22. The fourth-order valence-corrected chi connectivity index (χ4v) is 1.47. The molecule has 1 N–H and O–H groups in total. The number of carbonyl (C=O) groups excluding carboxylic acids is 1. The van der Waals surface area contributed by atoms with Crippen LogP contribution in [0.5, 0.6) is 0 Å². The maximum absolute atomic E-state index is 11.5. The minimum absolute atomic E-state index is 0.340. The lowest BCUT2D eigenvalue weighted by molar-refractivity contribution is -0.167. The van der Waals surface area contributed by atoms with Gasteiger partial charge in [0.2, 0.25) is 0 Å². The molecule has 0 aromatic carbocycles. The average molecular weight is 199 g/mol. The van der Waals surface area contributed by atoms with Crippen LogP contribution in [0, 0.1) is 0 Å². The Morgan fingerprint density at radius 1 is 1.36 bits per heavy atom. The van der Waals surface area contributed by atoms with Crippen LogP contribution in [0.4, 0.5) is 4.79 Å². The monoisotopic (exact) mass is 199 g/mol. The van der Waals surface area contributed by atoms with E-state index in [4.69, 9.17) is 4.84 Å². The van der Waals surface area contributed by atoms with Gasteiger partial charge in [-0.2, -0.15) is 0 Å². The molecule has 0 spiro atoms. The predicted molar refractivity (Wildman–Crippen MR) is 47.1 cm³/mol. The summed E-state index contributed by atoms with van der Waals surface area (Å²) in [6, 6.07) is 0. The van der Waals surface area contributed by atoms with Gasteiger partial charge in [-0.25, -0.2) is 4.79 Å². The molecule has 78 valence electrons. The Hall–Kier alpha value is -1.43. The summed E-state index contributed by atoms with van der Waals surface area (Å²) in [5, 5.41) is 1.14. The molecular formula is C8H13N3O3. The maximum Gasteiger partial charge on any atom is 0.435 e. The number of hydrogen-bond donors (Lipinski definition) is 1. The highest BCUT2D eigenvalue weighted by molar-refractivity contribution is 5.67. The number of hydrazine groups is 1. The third kappa shape index (κ3) is 2.08. The smallest absolute Gasteiger partial charge is 0.392 e. The molecule has 2 aliphatic rings. The van der Waals surface area contributed by atoms with Crippen molar-refractivity contribution in [2.24, 2.45) is 0 Å². The van der Waals surface area contributed by atoms with E-state index in [1.54, 1.807) is 4.90 Å². The van der Waals surface area contributed by atoms with Crippen molar-refractivity contribution < 1.29 is 14.5 Å². The van der Waals surface area contributed by atoms with Crippen LogP contribution in [-0.4, -0.2) is 29.3 Å². The molecule has 1 amide bonds. The summed E-state index contributed by atoms with van der Waals surface area (Å²) < 4.78 is 0. The number of nitrogens with one attached hydrogen (secondary N) is 1. The Morgan fingerprint density at radius 2 is 2.14 bits per heavy atom. The third-order valence-electron chi connectivity index (χ3n) is 2.20. The van der Waals surface area contributed by atoms with E-state index in [1.807, 2.05) is 0 Å². The molecule has 14 heavy (non-hydrogen) atoms. The molecule has 0 aliphatic carbocycles. The van der Waals surface area contributed by atoms with Gasteiger partial charge in [-0.05, 0) is 24.9 Å². The molecule has 1 fully saturated rings. The third-order valence-corrected chi connectivity index (χ3v) is 2.20. The Balaban J connectivity index is 1.78. The normalized spacial score (nSPS) is 20.9. The van der Waals surface area contributed by atoms with Crippen LogP contribution in [0.3, 0.4) is 0 Å². The quantitative estimate of drug-likeness (QED) is 0.675. The van der Waals surface area contributed by atoms with E-state index in [1.165, 1.54) is 18.9 Å². The highest BCUT2D eigenvalue weighted by Crippen LogP contribution is 2.10. The fourth-order valence-electron chi connectivity index (χ4n) is 1.47. The zero-order valence-corrected chi connectivity index (χ0v) is 7.81. The van der Waals surface area contributed by atoms with E-state index in [2.05, 4.69) is 10.4 Å². The first-order valence-corrected chi connectivity index (χ1v) is 4.70. The molecule has 0 aromatic heterocycles. The van der Waals surface area contributed by atoms with Crippen LogP contribution in [0.1, 0.15) is 19.3 Å². The molecular weight excluding hydrogens is 186 g/mol. The Labute approximate surface area is 81.9 Å². The SMILES string of the molecule is O=C(ON1C=CON1)N1CCCCC1. The van der Waals surface area contributed by atoms with Gasteiger partial charge < -0.3 is 14.6 Å². The zero-order valence-electron chi connectivity index (χ0n) is 7.81. The summed E-state index contributed by atoms with van der Waals surface area (Å²) >= 11 is 0. The number of hydroxylamine groups is 1. The van der Waals surface area contributed by atoms with Crippen molar-refractivity contribution in [2.75, 3.05) is 13.1 Å². The van der Waals surface area contributed by atoms with Crippen molar-refractivity contribution in [1.82, 2.24) is 15.7 Å². The van der Waals surface area contributed by atoms with Crippen LogP contribution in [0.25, 0.3) is 0 Å². The lowest BCUT2D eigenvalue weighted by Gasteiger charge is -2.26. The molecule has 0 saturated carbocycles. The second kappa shape index (κ2) is 4.19. The van der Waals surface area contributed by atoms with Gasteiger partial charge in [0.15, 0.2) is 0 Å². The highest BCUT2D eigenvalue weighted by Gasteiger charge is 2.20. The van der Waals surface area contributed by atoms with Crippen LogP contribution >= 0.6 is 0 Å².